The summed E-state index contributed by atoms with van der Waals surface area (Å²) in [4.78, 5) is 16.3. The van der Waals surface area contributed by atoms with Crippen molar-refractivity contribution >= 4 is 5.97 Å². The summed E-state index contributed by atoms with van der Waals surface area (Å²) in [6, 6.07) is 0. The number of rotatable bonds is 6. The highest BCUT2D eigenvalue weighted by Gasteiger charge is 2.51. The molecule has 1 saturated carbocycles. The fourth-order valence-electron chi connectivity index (χ4n) is 2.52. The molecule has 2 N–H and O–H groups in total. The van der Waals surface area contributed by atoms with E-state index in [0.29, 0.717) is 18.9 Å². The first-order valence-electron chi connectivity index (χ1n) is 6.33. The van der Waals surface area contributed by atoms with Crippen LogP contribution in [0.5, 0.6) is 0 Å². The van der Waals surface area contributed by atoms with Gasteiger partial charge < -0.3 is 10.5 Å². The fourth-order valence-corrected chi connectivity index (χ4v) is 2.52. The lowest BCUT2D eigenvalue weighted by atomic mass is 9.79. The highest BCUT2D eigenvalue weighted by molar-refractivity contribution is 5.78. The van der Waals surface area contributed by atoms with Crippen LogP contribution in [0.2, 0.25) is 0 Å². The van der Waals surface area contributed by atoms with Crippen molar-refractivity contribution in [2.45, 2.75) is 32.7 Å². The molecule has 1 aromatic rings. The van der Waals surface area contributed by atoms with E-state index in [0.717, 1.165) is 25.2 Å². The number of ether oxygens (including phenoxy) is 1. The summed E-state index contributed by atoms with van der Waals surface area (Å²) in [5.41, 5.74) is 5.24. The third kappa shape index (κ3) is 2.12. The molecule has 2 rings (SSSR count). The van der Waals surface area contributed by atoms with Crippen LogP contribution in [0.3, 0.4) is 0 Å². The normalized spacial score (nSPS) is 18.4. The minimum absolute atomic E-state index is 0.224. The molecule has 1 aliphatic rings. The van der Waals surface area contributed by atoms with Crippen LogP contribution in [0.4, 0.5) is 0 Å². The average molecular weight is 252 g/mol. The molecule has 1 aliphatic carbocycles. The number of nitrogens with two attached hydrogens (primary N) is 1. The predicted molar refractivity (Wildman–Crippen MR) is 65.6 cm³/mol. The largest absolute Gasteiger partial charge is 0.469 e. The van der Waals surface area contributed by atoms with Gasteiger partial charge in [-0.05, 0) is 25.7 Å². The molecule has 0 bridgehead atoms. The first kappa shape index (κ1) is 13.0. The molecule has 6 heteroatoms. The molecular weight excluding hydrogens is 232 g/mol. The third-order valence-corrected chi connectivity index (χ3v) is 3.78. The van der Waals surface area contributed by atoms with E-state index in [1.165, 1.54) is 13.4 Å². The summed E-state index contributed by atoms with van der Waals surface area (Å²) in [5.74, 6) is 0.898. The first-order valence-corrected chi connectivity index (χ1v) is 6.33. The second-order valence-electron chi connectivity index (χ2n) is 4.79. The second-order valence-corrected chi connectivity index (χ2v) is 4.79. The van der Waals surface area contributed by atoms with Crippen molar-refractivity contribution in [2.24, 2.45) is 17.1 Å². The maximum atomic E-state index is 12.1. The van der Waals surface area contributed by atoms with E-state index in [1.54, 1.807) is 4.68 Å². The molecule has 1 atom stereocenters. The van der Waals surface area contributed by atoms with Gasteiger partial charge in [-0.2, -0.15) is 5.10 Å². The molecule has 1 fully saturated rings. The van der Waals surface area contributed by atoms with Crippen molar-refractivity contribution in [2.75, 3.05) is 13.7 Å². The van der Waals surface area contributed by atoms with E-state index in [4.69, 9.17) is 10.5 Å². The number of aryl methyl sites for hydroxylation is 1. The van der Waals surface area contributed by atoms with Crippen molar-refractivity contribution in [1.29, 1.82) is 0 Å². The van der Waals surface area contributed by atoms with Gasteiger partial charge in [0.15, 0.2) is 0 Å². The van der Waals surface area contributed by atoms with Crippen LogP contribution < -0.4 is 5.73 Å². The topological polar surface area (TPSA) is 83.0 Å². The number of aromatic nitrogens is 3. The maximum absolute atomic E-state index is 12.1. The SMILES string of the molecule is CCn1ncnc1CC(CN)(C(=O)OC)C1CC1. The van der Waals surface area contributed by atoms with Gasteiger partial charge in [-0.3, -0.25) is 9.48 Å². The lowest BCUT2D eigenvalue weighted by molar-refractivity contribution is -0.153. The Hall–Kier alpha value is -1.43. The van der Waals surface area contributed by atoms with Gasteiger partial charge in [0, 0.05) is 19.5 Å². The average Bonchev–Trinajstić information content (AvgIpc) is 3.16. The maximum Gasteiger partial charge on any atom is 0.313 e. The molecule has 0 radical (unpaired) electrons. The molecule has 0 amide bonds. The van der Waals surface area contributed by atoms with Gasteiger partial charge in [0.05, 0.1) is 12.5 Å². The molecule has 0 aromatic carbocycles. The van der Waals surface area contributed by atoms with Gasteiger partial charge in [-0.1, -0.05) is 0 Å². The van der Waals surface area contributed by atoms with E-state index in [9.17, 15) is 4.79 Å². The highest BCUT2D eigenvalue weighted by Crippen LogP contribution is 2.47. The van der Waals surface area contributed by atoms with Crippen molar-refractivity contribution < 1.29 is 9.53 Å². The number of methoxy groups -OCH3 is 1. The minimum atomic E-state index is -0.630. The third-order valence-electron chi connectivity index (χ3n) is 3.78. The molecule has 100 valence electrons. The molecule has 18 heavy (non-hydrogen) atoms. The molecule has 1 aromatic heterocycles. The molecule has 6 nitrogen and oxygen atoms in total. The Balaban J connectivity index is 2.27. The zero-order chi connectivity index (χ0) is 13.2. The Morgan fingerprint density at radius 1 is 1.67 bits per heavy atom. The molecule has 1 unspecified atom stereocenters. The zero-order valence-electron chi connectivity index (χ0n) is 10.9. The van der Waals surface area contributed by atoms with E-state index in [2.05, 4.69) is 10.1 Å². The number of nitrogens with zero attached hydrogens (tertiary/aromatic N) is 3. The van der Waals surface area contributed by atoms with Crippen LogP contribution >= 0.6 is 0 Å². The summed E-state index contributed by atoms with van der Waals surface area (Å²) in [5, 5.41) is 4.13. The van der Waals surface area contributed by atoms with Crippen molar-refractivity contribution in [3.8, 4) is 0 Å². The van der Waals surface area contributed by atoms with Gasteiger partial charge in [0.2, 0.25) is 0 Å². The monoisotopic (exact) mass is 252 g/mol. The standard InChI is InChI=1S/C12H20N4O2/c1-3-16-10(14-8-15-16)6-12(7-13,9-4-5-9)11(17)18-2/h8-9H,3-7,13H2,1-2H3. The predicted octanol–water partition coefficient (Wildman–Crippen LogP) is 0.369. The van der Waals surface area contributed by atoms with Gasteiger partial charge in [-0.25, -0.2) is 4.98 Å². The Labute approximate surface area is 107 Å². The molecule has 0 saturated heterocycles. The van der Waals surface area contributed by atoms with E-state index in [-0.39, 0.29) is 5.97 Å². The molecule has 1 heterocycles. The van der Waals surface area contributed by atoms with Gasteiger partial charge in [-0.15, -0.1) is 0 Å². The van der Waals surface area contributed by atoms with E-state index < -0.39 is 5.41 Å². The van der Waals surface area contributed by atoms with Crippen LogP contribution in [-0.4, -0.2) is 34.4 Å². The Kier molecular flexibility index (Phi) is 3.65. The Morgan fingerprint density at radius 3 is 2.89 bits per heavy atom. The van der Waals surface area contributed by atoms with Gasteiger partial charge in [0.25, 0.3) is 0 Å². The summed E-state index contributed by atoms with van der Waals surface area (Å²) in [7, 11) is 1.42. The number of hydrogen-bond donors (Lipinski definition) is 1. The molecule has 0 aliphatic heterocycles. The lowest BCUT2D eigenvalue weighted by Gasteiger charge is -2.29. The van der Waals surface area contributed by atoms with Crippen molar-refractivity contribution in [3.63, 3.8) is 0 Å². The summed E-state index contributed by atoms with van der Waals surface area (Å²) in [6.45, 7) is 3.03. The lowest BCUT2D eigenvalue weighted by Crippen LogP contribution is -2.44. The summed E-state index contributed by atoms with van der Waals surface area (Å²) >= 11 is 0. The van der Waals surface area contributed by atoms with Gasteiger partial charge in [0.1, 0.15) is 12.2 Å². The summed E-state index contributed by atoms with van der Waals surface area (Å²) in [6.07, 6.45) is 4.10. The second kappa shape index (κ2) is 5.06. The quantitative estimate of drug-likeness (QED) is 0.739. The zero-order valence-corrected chi connectivity index (χ0v) is 10.9. The number of carbonyl (C=O) groups is 1. The van der Waals surface area contributed by atoms with Crippen LogP contribution in [0.15, 0.2) is 6.33 Å². The highest BCUT2D eigenvalue weighted by atomic mass is 16.5. The molecular formula is C12H20N4O2. The smallest absolute Gasteiger partial charge is 0.313 e. The number of hydrogen-bond acceptors (Lipinski definition) is 5. The van der Waals surface area contributed by atoms with E-state index in [1.807, 2.05) is 6.92 Å². The molecule has 0 spiro atoms. The first-order chi connectivity index (χ1) is 8.67. The number of carbonyl (C=O) groups excluding carboxylic acids is 1. The Morgan fingerprint density at radius 2 is 2.39 bits per heavy atom. The van der Waals surface area contributed by atoms with E-state index >= 15 is 0 Å². The fraction of sp³-hybridized carbons (Fsp3) is 0.750. The summed E-state index contributed by atoms with van der Waals surface area (Å²) < 4.78 is 6.76. The van der Waals surface area contributed by atoms with Crippen LogP contribution in [-0.2, 0) is 22.5 Å². The van der Waals surface area contributed by atoms with Gasteiger partial charge >= 0.3 is 5.97 Å². The van der Waals surface area contributed by atoms with Crippen LogP contribution in [0.25, 0.3) is 0 Å². The van der Waals surface area contributed by atoms with Crippen LogP contribution in [0, 0.1) is 11.3 Å². The number of esters is 1. The Bertz CT molecular complexity index is 427. The van der Waals surface area contributed by atoms with Crippen molar-refractivity contribution in [1.82, 2.24) is 14.8 Å². The van der Waals surface area contributed by atoms with Crippen LogP contribution in [0.1, 0.15) is 25.6 Å². The van der Waals surface area contributed by atoms with Crippen molar-refractivity contribution in [3.05, 3.63) is 12.2 Å². The minimum Gasteiger partial charge on any atom is -0.469 e.